The summed E-state index contributed by atoms with van der Waals surface area (Å²) in [6, 6.07) is 11.9. The molecule has 134 valence electrons. The van der Waals surface area contributed by atoms with Crippen LogP contribution in [0.5, 0.6) is 28.7 Å². The monoisotopic (exact) mass is 355 g/mol. The molecule has 0 bridgehead atoms. The third-order valence-electron chi connectivity index (χ3n) is 3.84. The van der Waals surface area contributed by atoms with Crippen molar-refractivity contribution in [3.8, 4) is 28.7 Å². The summed E-state index contributed by atoms with van der Waals surface area (Å²) in [6.07, 6.45) is 0. The van der Waals surface area contributed by atoms with Gasteiger partial charge in [-0.05, 0) is 36.4 Å². The summed E-state index contributed by atoms with van der Waals surface area (Å²) in [6.45, 7) is 1.16. The SMILES string of the molecule is COc1ccc(Oc2ccc3c(O)c(OC(C)=O)c(=O)n(C)c3c2)cc1. The van der Waals surface area contributed by atoms with Crippen LogP contribution in [-0.4, -0.2) is 22.8 Å². The van der Waals surface area contributed by atoms with Crippen LogP contribution in [0.15, 0.2) is 47.3 Å². The predicted octanol–water partition coefficient (Wildman–Crippen LogP) is 2.97. The number of carbonyl (C=O) groups excluding carboxylic acids is 1. The second-order valence-electron chi connectivity index (χ2n) is 5.59. The quantitative estimate of drug-likeness (QED) is 0.724. The number of hydrogen-bond donors (Lipinski definition) is 1. The van der Waals surface area contributed by atoms with Gasteiger partial charge in [0, 0.05) is 25.4 Å². The zero-order valence-electron chi connectivity index (χ0n) is 14.5. The fraction of sp³-hybridized carbons (Fsp3) is 0.158. The summed E-state index contributed by atoms with van der Waals surface area (Å²) in [7, 11) is 3.10. The Bertz CT molecular complexity index is 1040. The number of esters is 1. The first kappa shape index (κ1) is 17.3. The van der Waals surface area contributed by atoms with E-state index in [2.05, 4.69) is 0 Å². The van der Waals surface area contributed by atoms with Crippen LogP contribution in [0.2, 0.25) is 0 Å². The van der Waals surface area contributed by atoms with Gasteiger partial charge >= 0.3 is 5.97 Å². The highest BCUT2D eigenvalue weighted by atomic mass is 16.5. The van der Waals surface area contributed by atoms with Gasteiger partial charge in [-0.15, -0.1) is 0 Å². The highest BCUT2D eigenvalue weighted by Gasteiger charge is 2.18. The number of methoxy groups -OCH3 is 1. The molecule has 7 nitrogen and oxygen atoms in total. The van der Waals surface area contributed by atoms with Crippen LogP contribution in [0, 0.1) is 0 Å². The van der Waals surface area contributed by atoms with E-state index in [0.717, 1.165) is 6.92 Å². The summed E-state index contributed by atoms with van der Waals surface area (Å²) < 4.78 is 17.0. The van der Waals surface area contributed by atoms with Crippen LogP contribution in [0.1, 0.15) is 6.92 Å². The van der Waals surface area contributed by atoms with E-state index >= 15 is 0 Å². The minimum absolute atomic E-state index is 0.366. The van der Waals surface area contributed by atoms with E-state index in [4.69, 9.17) is 14.2 Å². The lowest BCUT2D eigenvalue weighted by molar-refractivity contribution is -0.132. The van der Waals surface area contributed by atoms with Crippen LogP contribution in [0.3, 0.4) is 0 Å². The van der Waals surface area contributed by atoms with Gasteiger partial charge in [0.05, 0.1) is 12.6 Å². The molecule has 1 aromatic heterocycles. The zero-order valence-corrected chi connectivity index (χ0v) is 14.5. The first-order valence-electron chi connectivity index (χ1n) is 7.76. The molecule has 1 heterocycles. The van der Waals surface area contributed by atoms with Crippen LogP contribution >= 0.6 is 0 Å². The number of aromatic nitrogens is 1. The van der Waals surface area contributed by atoms with Crippen LogP contribution in [0.25, 0.3) is 10.9 Å². The molecule has 0 unspecified atom stereocenters. The van der Waals surface area contributed by atoms with Gasteiger partial charge in [-0.3, -0.25) is 9.59 Å². The maximum Gasteiger partial charge on any atom is 0.308 e. The summed E-state index contributed by atoms with van der Waals surface area (Å²) in [5, 5.41) is 10.7. The van der Waals surface area contributed by atoms with Gasteiger partial charge in [-0.1, -0.05) is 0 Å². The number of ether oxygens (including phenoxy) is 3. The van der Waals surface area contributed by atoms with E-state index in [1.165, 1.54) is 11.6 Å². The number of pyridine rings is 1. The van der Waals surface area contributed by atoms with E-state index in [9.17, 15) is 14.7 Å². The van der Waals surface area contributed by atoms with Gasteiger partial charge < -0.3 is 23.9 Å². The molecular formula is C19H17NO6. The van der Waals surface area contributed by atoms with E-state index in [1.807, 2.05) is 0 Å². The Balaban J connectivity index is 2.04. The third-order valence-corrected chi connectivity index (χ3v) is 3.84. The lowest BCUT2D eigenvalue weighted by atomic mass is 10.1. The van der Waals surface area contributed by atoms with E-state index in [-0.39, 0.29) is 5.75 Å². The molecule has 0 saturated carbocycles. The third kappa shape index (κ3) is 3.19. The molecule has 1 N–H and O–H groups in total. The molecule has 26 heavy (non-hydrogen) atoms. The first-order valence-corrected chi connectivity index (χ1v) is 7.76. The van der Waals surface area contributed by atoms with Crippen molar-refractivity contribution in [2.45, 2.75) is 6.92 Å². The van der Waals surface area contributed by atoms with E-state index in [0.29, 0.717) is 28.2 Å². The standard InChI is InChI=1S/C19H17NO6/c1-11(21)25-18-17(22)15-9-8-14(10-16(15)20(2)19(18)23)26-13-6-4-12(24-3)5-7-13/h4-10,22H,1-3H3. The van der Waals surface area contributed by atoms with Crippen molar-refractivity contribution in [2.24, 2.45) is 7.05 Å². The normalized spacial score (nSPS) is 10.6. The molecule has 0 aliphatic carbocycles. The number of fused-ring (bicyclic) bond motifs is 1. The van der Waals surface area contributed by atoms with Gasteiger partial charge in [0.1, 0.15) is 17.2 Å². The number of hydrogen-bond acceptors (Lipinski definition) is 6. The number of aromatic hydroxyl groups is 1. The first-order chi connectivity index (χ1) is 12.4. The highest BCUT2D eigenvalue weighted by Crippen LogP contribution is 2.34. The largest absolute Gasteiger partial charge is 0.504 e. The summed E-state index contributed by atoms with van der Waals surface area (Å²) in [4.78, 5) is 23.5. The van der Waals surface area contributed by atoms with Crippen molar-refractivity contribution in [2.75, 3.05) is 7.11 Å². The van der Waals surface area contributed by atoms with Crippen molar-refractivity contribution in [1.82, 2.24) is 4.57 Å². The average molecular weight is 355 g/mol. The van der Waals surface area contributed by atoms with Crippen molar-refractivity contribution in [3.05, 3.63) is 52.8 Å². The number of aryl methyl sites for hydroxylation is 1. The minimum Gasteiger partial charge on any atom is -0.504 e. The zero-order chi connectivity index (χ0) is 18.8. The highest BCUT2D eigenvalue weighted by molar-refractivity contribution is 5.89. The minimum atomic E-state index is -0.684. The second kappa shape index (κ2) is 6.79. The van der Waals surface area contributed by atoms with Crippen LogP contribution in [0.4, 0.5) is 0 Å². The van der Waals surface area contributed by atoms with Gasteiger partial charge in [0.25, 0.3) is 5.56 Å². The Kier molecular flexibility index (Phi) is 4.53. The predicted molar refractivity (Wildman–Crippen MR) is 95.2 cm³/mol. The van der Waals surface area contributed by atoms with Crippen LogP contribution < -0.4 is 19.8 Å². The summed E-state index contributed by atoms with van der Waals surface area (Å²) >= 11 is 0. The summed E-state index contributed by atoms with van der Waals surface area (Å²) in [5.74, 6) is 0.330. The smallest absolute Gasteiger partial charge is 0.308 e. The Morgan fingerprint density at radius 3 is 2.27 bits per heavy atom. The lowest BCUT2D eigenvalue weighted by Gasteiger charge is -2.13. The van der Waals surface area contributed by atoms with E-state index < -0.39 is 17.3 Å². The fourth-order valence-corrected chi connectivity index (χ4v) is 2.55. The molecular weight excluding hydrogens is 338 g/mol. The molecule has 0 spiro atoms. The Hall–Kier alpha value is -3.48. The number of nitrogens with zero attached hydrogens (tertiary/aromatic N) is 1. The number of rotatable bonds is 4. The van der Waals surface area contributed by atoms with Gasteiger partial charge in [-0.25, -0.2) is 0 Å². The number of benzene rings is 2. The molecule has 7 heteroatoms. The molecule has 0 fully saturated rings. The maximum atomic E-state index is 12.4. The number of carbonyl (C=O) groups is 1. The Morgan fingerprint density at radius 1 is 1.04 bits per heavy atom. The topological polar surface area (TPSA) is 87.0 Å². The van der Waals surface area contributed by atoms with Gasteiger partial charge in [-0.2, -0.15) is 0 Å². The van der Waals surface area contributed by atoms with Crippen molar-refractivity contribution < 1.29 is 24.1 Å². The molecule has 0 atom stereocenters. The van der Waals surface area contributed by atoms with Gasteiger partial charge in [0.2, 0.25) is 5.75 Å². The maximum absolute atomic E-state index is 12.4. The van der Waals surface area contributed by atoms with E-state index in [1.54, 1.807) is 49.6 Å². The van der Waals surface area contributed by atoms with Crippen molar-refractivity contribution in [1.29, 1.82) is 0 Å². The molecule has 3 aromatic rings. The van der Waals surface area contributed by atoms with Crippen molar-refractivity contribution in [3.63, 3.8) is 0 Å². The fourth-order valence-electron chi connectivity index (χ4n) is 2.55. The van der Waals surface area contributed by atoms with Gasteiger partial charge in [0.15, 0.2) is 5.75 Å². The Labute approximate surface area is 149 Å². The van der Waals surface area contributed by atoms with Crippen molar-refractivity contribution >= 4 is 16.9 Å². The second-order valence-corrected chi connectivity index (χ2v) is 5.59. The molecule has 0 aliphatic rings. The summed E-state index contributed by atoms with van der Waals surface area (Å²) in [5.41, 5.74) is -0.179. The molecule has 0 amide bonds. The van der Waals surface area contributed by atoms with Crippen LogP contribution in [-0.2, 0) is 11.8 Å². The molecule has 3 rings (SSSR count). The molecule has 2 aromatic carbocycles. The Morgan fingerprint density at radius 2 is 1.65 bits per heavy atom. The average Bonchev–Trinajstić information content (AvgIpc) is 2.64. The molecule has 0 radical (unpaired) electrons. The molecule has 0 aliphatic heterocycles. The molecule has 0 saturated heterocycles. The lowest BCUT2D eigenvalue weighted by Crippen LogP contribution is -2.21.